The molecule has 0 fully saturated rings. The Balaban J connectivity index is 1.79. The molecule has 0 unspecified atom stereocenters. The number of fused-ring (bicyclic) bond motifs is 3. The molecule has 8 nitrogen and oxygen atoms in total. The Morgan fingerprint density at radius 1 is 1.00 bits per heavy atom. The van der Waals surface area contributed by atoms with Crippen LogP contribution in [0.2, 0.25) is 0 Å². The van der Waals surface area contributed by atoms with E-state index in [0.717, 1.165) is 17.0 Å². The summed E-state index contributed by atoms with van der Waals surface area (Å²) >= 11 is 0. The van der Waals surface area contributed by atoms with Crippen LogP contribution in [0.15, 0.2) is 64.4 Å². The standard InChI is InChI=1S/C20H15N5O3/c1-28-15-9-7-13(8-10-15)11-16-18(27)25-20(22-16)23(14-5-3-2-4-6-14)19-21-12-17(26)24(19)25/h2-11H,12H2,1H3/b16-11-. The second-order valence-electron chi connectivity index (χ2n) is 6.32. The minimum absolute atomic E-state index is 0.00720. The summed E-state index contributed by atoms with van der Waals surface area (Å²) in [5.41, 5.74) is 1.61. The van der Waals surface area contributed by atoms with Crippen LogP contribution in [0.3, 0.4) is 0 Å². The van der Waals surface area contributed by atoms with Gasteiger partial charge in [0.1, 0.15) is 17.6 Å². The molecule has 0 aromatic heterocycles. The number of benzene rings is 2. The van der Waals surface area contributed by atoms with Gasteiger partial charge < -0.3 is 4.74 Å². The third kappa shape index (κ3) is 2.31. The fraction of sp³-hybridized carbons (Fsp3) is 0.100. The number of rotatable bonds is 3. The molecular formula is C20H15N5O3. The van der Waals surface area contributed by atoms with E-state index in [2.05, 4.69) is 9.98 Å². The summed E-state index contributed by atoms with van der Waals surface area (Å²) in [5.74, 6) is 0.813. The smallest absolute Gasteiger partial charge is 0.299 e. The van der Waals surface area contributed by atoms with Gasteiger partial charge in [-0.15, -0.1) is 0 Å². The zero-order valence-electron chi connectivity index (χ0n) is 14.9. The third-order valence-corrected chi connectivity index (χ3v) is 4.64. The molecule has 3 aliphatic heterocycles. The fourth-order valence-electron chi connectivity index (χ4n) is 3.33. The van der Waals surface area contributed by atoms with Gasteiger partial charge in [-0.05, 0) is 35.9 Å². The van der Waals surface area contributed by atoms with Crippen molar-refractivity contribution in [2.45, 2.75) is 0 Å². The highest BCUT2D eigenvalue weighted by atomic mass is 16.5. The number of hydrogen-bond acceptors (Lipinski definition) is 5. The lowest BCUT2D eigenvalue weighted by Gasteiger charge is -2.02. The zero-order valence-corrected chi connectivity index (χ0v) is 14.9. The molecule has 0 spiro atoms. The maximum absolute atomic E-state index is 13.0. The van der Waals surface area contributed by atoms with Crippen LogP contribution in [-0.2, 0) is 0 Å². The first-order chi connectivity index (χ1) is 13.7. The maximum atomic E-state index is 13.0. The first-order valence-corrected chi connectivity index (χ1v) is 8.69. The zero-order chi connectivity index (χ0) is 19.3. The van der Waals surface area contributed by atoms with Gasteiger partial charge in [-0.3, -0.25) is 9.59 Å². The molecule has 3 heterocycles. The van der Waals surface area contributed by atoms with Gasteiger partial charge in [0.05, 0.1) is 12.8 Å². The normalized spacial score (nSPS) is 13.8. The summed E-state index contributed by atoms with van der Waals surface area (Å²) < 4.78 is 9.46. The molecule has 8 heteroatoms. The largest absolute Gasteiger partial charge is 0.497 e. The van der Waals surface area contributed by atoms with Gasteiger partial charge in [0, 0.05) is 0 Å². The van der Waals surface area contributed by atoms with E-state index < -0.39 is 0 Å². The molecule has 0 N–H and O–H groups in total. The Bertz CT molecular complexity index is 1340. The van der Waals surface area contributed by atoms with E-state index >= 15 is 0 Å². The minimum Gasteiger partial charge on any atom is -0.497 e. The summed E-state index contributed by atoms with van der Waals surface area (Å²) in [6, 6.07) is 16.7. The molecule has 0 atom stereocenters. The molecule has 0 aliphatic carbocycles. The number of carbonyl (C=O) groups excluding carboxylic acids is 1. The van der Waals surface area contributed by atoms with Crippen LogP contribution in [0.1, 0.15) is 10.4 Å². The van der Waals surface area contributed by atoms with Crippen LogP contribution < -0.4 is 21.3 Å². The SMILES string of the molecule is COc1ccc(/C=c2\nc3n(-c4ccccc4)c4n(n-3c2=O)C(=O)CN=4)cc1. The first-order valence-electron chi connectivity index (χ1n) is 8.69. The van der Waals surface area contributed by atoms with Crippen molar-refractivity contribution in [3.05, 3.63) is 81.5 Å². The average molecular weight is 373 g/mol. The Labute approximate surface area is 158 Å². The van der Waals surface area contributed by atoms with Crippen molar-refractivity contribution in [3.8, 4) is 17.4 Å². The van der Waals surface area contributed by atoms with Gasteiger partial charge in [-0.25, -0.2) is 14.5 Å². The molecule has 2 aromatic rings. The van der Waals surface area contributed by atoms with Crippen molar-refractivity contribution < 1.29 is 9.53 Å². The second kappa shape index (κ2) is 6.05. The maximum Gasteiger partial charge on any atom is 0.299 e. The van der Waals surface area contributed by atoms with E-state index in [1.165, 1.54) is 9.36 Å². The number of hydrogen-bond donors (Lipinski definition) is 0. The van der Waals surface area contributed by atoms with E-state index in [9.17, 15) is 9.59 Å². The van der Waals surface area contributed by atoms with Crippen molar-refractivity contribution in [2.24, 2.45) is 4.99 Å². The highest BCUT2D eigenvalue weighted by Crippen LogP contribution is 2.13. The lowest BCUT2D eigenvalue weighted by molar-refractivity contribution is 0.0911. The predicted octanol–water partition coefficient (Wildman–Crippen LogP) is 0.373. The van der Waals surface area contributed by atoms with Crippen LogP contribution in [-0.4, -0.2) is 38.5 Å². The van der Waals surface area contributed by atoms with Gasteiger partial charge in [-0.2, -0.15) is 9.36 Å². The molecule has 2 aromatic carbocycles. The number of imidazole rings is 1. The lowest BCUT2D eigenvalue weighted by Crippen LogP contribution is -2.35. The Hall–Kier alpha value is -3.94. The molecule has 5 rings (SSSR count). The second-order valence-corrected chi connectivity index (χ2v) is 6.32. The number of carbonyl (C=O) groups is 1. The van der Waals surface area contributed by atoms with Crippen molar-refractivity contribution in [1.82, 2.24) is 18.9 Å². The minimum atomic E-state index is -0.368. The summed E-state index contributed by atoms with van der Waals surface area (Å²) in [6.45, 7) is 0.00720. The summed E-state index contributed by atoms with van der Waals surface area (Å²) in [4.78, 5) is 34.2. The first kappa shape index (κ1) is 16.2. The predicted molar refractivity (Wildman–Crippen MR) is 101 cm³/mol. The molecule has 0 saturated heterocycles. The summed E-state index contributed by atoms with van der Waals surface area (Å²) in [6.07, 6.45) is 1.69. The number of para-hydroxylation sites is 1. The molecule has 138 valence electrons. The average Bonchev–Trinajstić information content (AvgIpc) is 3.34. The number of nitrogens with zero attached hydrogens (tertiary/aromatic N) is 5. The molecule has 3 aliphatic rings. The lowest BCUT2D eigenvalue weighted by atomic mass is 10.2. The van der Waals surface area contributed by atoms with E-state index in [4.69, 9.17) is 4.74 Å². The van der Waals surface area contributed by atoms with Crippen molar-refractivity contribution in [2.75, 3.05) is 13.7 Å². The molecule has 0 bridgehead atoms. The highest BCUT2D eigenvalue weighted by Gasteiger charge is 2.29. The van der Waals surface area contributed by atoms with Crippen molar-refractivity contribution in [3.63, 3.8) is 0 Å². The van der Waals surface area contributed by atoms with Crippen LogP contribution in [0.4, 0.5) is 0 Å². The van der Waals surface area contributed by atoms with E-state index in [0.29, 0.717) is 11.6 Å². The van der Waals surface area contributed by atoms with Gasteiger partial charge in [0.2, 0.25) is 11.6 Å². The van der Waals surface area contributed by atoms with Crippen LogP contribution in [0, 0.1) is 0 Å². The van der Waals surface area contributed by atoms with Gasteiger partial charge in [-0.1, -0.05) is 30.3 Å². The van der Waals surface area contributed by atoms with Crippen LogP contribution in [0.25, 0.3) is 17.7 Å². The number of aromatic nitrogens is 4. The van der Waals surface area contributed by atoms with Crippen LogP contribution in [0.5, 0.6) is 5.75 Å². The molecule has 28 heavy (non-hydrogen) atoms. The quantitative estimate of drug-likeness (QED) is 0.520. The molecule has 0 saturated carbocycles. The Kier molecular flexibility index (Phi) is 3.51. The summed E-state index contributed by atoms with van der Waals surface area (Å²) in [5, 5.41) is 0.250. The van der Waals surface area contributed by atoms with Gasteiger partial charge >= 0.3 is 0 Å². The van der Waals surface area contributed by atoms with E-state index in [1.54, 1.807) is 17.8 Å². The molecular weight excluding hydrogens is 358 g/mol. The van der Waals surface area contributed by atoms with Crippen molar-refractivity contribution >= 4 is 12.0 Å². The molecule has 0 radical (unpaired) electrons. The highest BCUT2D eigenvalue weighted by molar-refractivity contribution is 5.82. The topological polar surface area (TPSA) is 83.4 Å². The monoisotopic (exact) mass is 373 g/mol. The number of ether oxygens (including phenoxy) is 1. The fourth-order valence-corrected chi connectivity index (χ4v) is 3.33. The Morgan fingerprint density at radius 2 is 1.75 bits per heavy atom. The van der Waals surface area contributed by atoms with Crippen LogP contribution >= 0.6 is 0 Å². The Morgan fingerprint density at radius 3 is 2.46 bits per heavy atom. The molecule has 0 amide bonds. The van der Waals surface area contributed by atoms with E-state index in [-0.39, 0.29) is 23.4 Å². The summed E-state index contributed by atoms with van der Waals surface area (Å²) in [7, 11) is 1.60. The van der Waals surface area contributed by atoms with E-state index in [1.807, 2.05) is 54.6 Å². The van der Waals surface area contributed by atoms with Gasteiger partial charge in [0.15, 0.2) is 0 Å². The third-order valence-electron chi connectivity index (χ3n) is 4.64. The number of methoxy groups -OCH3 is 1. The van der Waals surface area contributed by atoms with Gasteiger partial charge in [0.25, 0.3) is 11.5 Å². The van der Waals surface area contributed by atoms with Crippen molar-refractivity contribution in [1.29, 1.82) is 0 Å².